The molecule has 1 heterocycles. The van der Waals surface area contributed by atoms with Crippen molar-refractivity contribution in [2.45, 2.75) is 32.8 Å². The molecule has 0 fully saturated rings. The van der Waals surface area contributed by atoms with Gasteiger partial charge in [0.25, 0.3) is 0 Å². The van der Waals surface area contributed by atoms with E-state index in [1.807, 2.05) is 0 Å². The molecule has 0 spiro atoms. The molecule has 0 aliphatic heterocycles. The number of nitrogens with two attached hydrogens (primary N) is 1. The Morgan fingerprint density at radius 1 is 1.43 bits per heavy atom. The van der Waals surface area contributed by atoms with Crippen LogP contribution in [0.4, 0.5) is 9.93 Å². The molecule has 1 aromatic heterocycles. The van der Waals surface area contributed by atoms with Gasteiger partial charge in [-0.3, -0.25) is 0 Å². The molecular weight excluding hydrogens is 326 g/mol. The molecule has 0 saturated heterocycles. The average Bonchev–Trinajstić information content (AvgIpc) is 2.81. The number of nitrogens with one attached hydrogen (secondary N) is 1. The van der Waals surface area contributed by atoms with Crippen molar-refractivity contribution in [3.63, 3.8) is 0 Å². The largest absolute Gasteiger partial charge is 0.476 e. The Morgan fingerprint density at radius 3 is 2.65 bits per heavy atom. The monoisotopic (exact) mass is 345 g/mol. The van der Waals surface area contributed by atoms with Gasteiger partial charge in [-0.25, -0.2) is 9.59 Å². The molecule has 1 amide bonds. The van der Waals surface area contributed by atoms with E-state index in [9.17, 15) is 9.59 Å². The number of anilines is 1. The average molecular weight is 345 g/mol. The van der Waals surface area contributed by atoms with Crippen LogP contribution in [-0.4, -0.2) is 51.0 Å². The lowest BCUT2D eigenvalue weighted by Gasteiger charge is -2.19. The maximum atomic E-state index is 11.4. The van der Waals surface area contributed by atoms with Gasteiger partial charge in [-0.2, -0.15) is 9.36 Å². The van der Waals surface area contributed by atoms with Crippen LogP contribution in [0.25, 0.3) is 0 Å². The zero-order valence-electron chi connectivity index (χ0n) is 13.0. The summed E-state index contributed by atoms with van der Waals surface area (Å²) in [5, 5.41) is 15.2. The number of carbonyl (C=O) groups excluding carboxylic acids is 1. The Balaban J connectivity index is 2.34. The van der Waals surface area contributed by atoms with Crippen molar-refractivity contribution in [3.05, 3.63) is 5.82 Å². The first kappa shape index (κ1) is 18.6. The summed E-state index contributed by atoms with van der Waals surface area (Å²) in [5.41, 5.74) is 4.39. The highest BCUT2D eigenvalue weighted by Crippen LogP contribution is 2.07. The molecule has 0 aliphatic rings. The van der Waals surface area contributed by atoms with Crippen molar-refractivity contribution in [2.75, 3.05) is 18.9 Å². The van der Waals surface area contributed by atoms with E-state index in [-0.39, 0.29) is 17.6 Å². The highest BCUT2D eigenvalue weighted by molar-refractivity contribution is 7.09. The topological polar surface area (TPSA) is 149 Å². The molecule has 0 radical (unpaired) electrons. The first-order valence-electron chi connectivity index (χ1n) is 6.68. The van der Waals surface area contributed by atoms with Gasteiger partial charge in [0, 0.05) is 24.5 Å². The predicted octanol–water partition coefficient (Wildman–Crippen LogP) is 0.840. The minimum Gasteiger partial charge on any atom is -0.476 e. The molecule has 1 aromatic rings. The van der Waals surface area contributed by atoms with Gasteiger partial charge in [-0.05, 0) is 20.8 Å². The molecule has 0 aliphatic carbocycles. The number of nitrogen functional groups attached to an aromatic ring is 1. The van der Waals surface area contributed by atoms with Crippen LogP contribution in [0.3, 0.4) is 0 Å². The third-order valence-corrected chi connectivity index (χ3v) is 2.64. The van der Waals surface area contributed by atoms with Gasteiger partial charge in [0.15, 0.2) is 5.13 Å². The second kappa shape index (κ2) is 8.27. The Bertz CT molecular complexity index is 581. The maximum Gasteiger partial charge on any atom is 0.407 e. The maximum absolute atomic E-state index is 11.4. The smallest absolute Gasteiger partial charge is 0.407 e. The molecule has 10 nitrogen and oxygen atoms in total. The molecule has 0 unspecified atom stereocenters. The Hall–Kier alpha value is -2.43. The van der Waals surface area contributed by atoms with Crippen LogP contribution in [0.1, 0.15) is 33.0 Å². The Labute approximate surface area is 136 Å². The van der Waals surface area contributed by atoms with Crippen molar-refractivity contribution in [1.82, 2.24) is 14.7 Å². The third-order valence-electron chi connectivity index (χ3n) is 2.09. The fraction of sp³-hybridized carbons (Fsp3) is 0.583. The highest BCUT2D eigenvalue weighted by Gasteiger charge is 2.19. The van der Waals surface area contributed by atoms with Crippen molar-refractivity contribution >= 4 is 34.4 Å². The quantitative estimate of drug-likeness (QED) is 0.374. The third kappa shape index (κ3) is 7.40. The summed E-state index contributed by atoms with van der Waals surface area (Å²) in [7, 11) is 0. The number of nitrogens with zero attached hydrogens (tertiary/aromatic N) is 3. The van der Waals surface area contributed by atoms with Gasteiger partial charge in [0.05, 0.1) is 0 Å². The van der Waals surface area contributed by atoms with E-state index in [4.69, 9.17) is 20.4 Å². The summed E-state index contributed by atoms with van der Waals surface area (Å²) >= 11 is 0.861. The van der Waals surface area contributed by atoms with E-state index in [1.54, 1.807) is 20.8 Å². The number of carboxylic acids is 1. The molecular formula is C12H19N5O5S. The molecule has 128 valence electrons. The Morgan fingerprint density at radius 2 is 2.13 bits per heavy atom. The second-order valence-electron chi connectivity index (χ2n) is 5.32. The number of hydrogen-bond acceptors (Lipinski definition) is 9. The zero-order chi connectivity index (χ0) is 17.5. The number of alkyl carbamates (subject to hydrolysis) is 1. The lowest BCUT2D eigenvalue weighted by Crippen LogP contribution is -2.33. The van der Waals surface area contributed by atoms with Crippen molar-refractivity contribution in [2.24, 2.45) is 5.16 Å². The van der Waals surface area contributed by atoms with E-state index in [2.05, 4.69) is 19.8 Å². The van der Waals surface area contributed by atoms with Crippen molar-refractivity contribution < 1.29 is 24.3 Å². The van der Waals surface area contributed by atoms with Crippen LogP contribution in [0, 0.1) is 0 Å². The molecule has 4 N–H and O–H groups in total. The molecule has 0 aromatic carbocycles. The summed E-state index contributed by atoms with van der Waals surface area (Å²) in [4.78, 5) is 31.0. The Kier molecular flexibility index (Phi) is 6.69. The number of carbonyl (C=O) groups is 2. The number of carboxylic acid groups (broad SMARTS) is 1. The molecule has 0 saturated carbocycles. The number of amides is 1. The predicted molar refractivity (Wildman–Crippen MR) is 83.3 cm³/mol. The molecule has 1 rings (SSSR count). The summed E-state index contributed by atoms with van der Waals surface area (Å²) in [6.07, 6.45) is -0.114. The van der Waals surface area contributed by atoms with Crippen molar-refractivity contribution in [1.29, 1.82) is 0 Å². The van der Waals surface area contributed by atoms with Gasteiger partial charge < -0.3 is 25.7 Å². The van der Waals surface area contributed by atoms with Crippen LogP contribution >= 0.6 is 11.5 Å². The molecule has 0 bridgehead atoms. The number of aromatic nitrogens is 2. The minimum absolute atomic E-state index is 0.103. The van der Waals surface area contributed by atoms with Crippen LogP contribution in [0.2, 0.25) is 0 Å². The summed E-state index contributed by atoms with van der Waals surface area (Å²) in [6, 6.07) is 0. The lowest BCUT2D eigenvalue weighted by atomic mass is 10.2. The fourth-order valence-corrected chi connectivity index (χ4v) is 1.69. The minimum atomic E-state index is -1.32. The SMILES string of the molecule is CC(C)(C)OC(=O)NCCCON=C(C(=O)O)c1nsc(N)n1. The van der Waals surface area contributed by atoms with Crippen LogP contribution < -0.4 is 11.1 Å². The number of aliphatic carboxylic acids is 1. The van der Waals surface area contributed by atoms with Crippen molar-refractivity contribution in [3.8, 4) is 0 Å². The van der Waals surface area contributed by atoms with E-state index in [1.165, 1.54) is 0 Å². The van der Waals surface area contributed by atoms with E-state index >= 15 is 0 Å². The number of hydrogen-bond donors (Lipinski definition) is 3. The normalized spacial score (nSPS) is 11.9. The van der Waals surface area contributed by atoms with E-state index < -0.39 is 23.4 Å². The zero-order valence-corrected chi connectivity index (χ0v) is 13.8. The number of rotatable bonds is 7. The van der Waals surface area contributed by atoms with E-state index in [0.29, 0.717) is 13.0 Å². The van der Waals surface area contributed by atoms with Crippen LogP contribution in [0.15, 0.2) is 5.16 Å². The van der Waals surface area contributed by atoms with E-state index in [0.717, 1.165) is 11.5 Å². The number of oxime groups is 1. The first-order valence-corrected chi connectivity index (χ1v) is 7.46. The first-order chi connectivity index (χ1) is 10.7. The van der Waals surface area contributed by atoms with Crippen LogP contribution in [-0.2, 0) is 14.4 Å². The summed E-state index contributed by atoms with van der Waals surface area (Å²) in [6.45, 7) is 5.69. The molecule has 23 heavy (non-hydrogen) atoms. The van der Waals surface area contributed by atoms with Gasteiger partial charge in [0.1, 0.15) is 12.2 Å². The van der Waals surface area contributed by atoms with Gasteiger partial charge in [-0.1, -0.05) is 5.16 Å². The number of ether oxygens (including phenoxy) is 1. The van der Waals surface area contributed by atoms with Gasteiger partial charge in [-0.15, -0.1) is 0 Å². The van der Waals surface area contributed by atoms with Gasteiger partial charge >= 0.3 is 12.1 Å². The summed E-state index contributed by atoms with van der Waals surface area (Å²) < 4.78 is 8.80. The highest BCUT2D eigenvalue weighted by atomic mass is 32.1. The second-order valence-corrected chi connectivity index (χ2v) is 6.10. The lowest BCUT2D eigenvalue weighted by molar-refractivity contribution is -0.129. The molecule has 11 heteroatoms. The summed E-state index contributed by atoms with van der Waals surface area (Å²) in [5.74, 6) is -1.43. The van der Waals surface area contributed by atoms with Crippen LogP contribution in [0.5, 0.6) is 0 Å². The fourth-order valence-electron chi connectivity index (χ4n) is 1.26. The standard InChI is InChI=1S/C12H19N5O5S/c1-12(2,3)22-11(20)14-5-4-6-21-16-7(9(18)19)8-15-10(13)23-17-8/h4-6H2,1-3H3,(H,14,20)(H,18,19)(H2,13,15,17). The van der Waals surface area contributed by atoms with Gasteiger partial charge in [0.2, 0.25) is 11.5 Å². The molecule has 0 atom stereocenters.